The lowest BCUT2D eigenvalue weighted by Crippen LogP contribution is -2.39. The van der Waals surface area contributed by atoms with E-state index in [4.69, 9.17) is 28.4 Å². The molecule has 3 fully saturated rings. The number of phenolic OH excluding ortho intramolecular Hbond substituents is 3. The molecule has 0 bridgehead atoms. The standard InChI is InChI=1S/3C30H34FNO3.CH3FS/c3*1-34-30(35-2)21-14-16-32(17-15-21)28-13-9-23(19-27(28)31)29-25(20-6-4-3-5-7-20)11-8-22-18-24(33)10-12-26(22)29;1-3-2/h3*3-7,9-10,12-13,18-19,21,25,29-30,33H,8,11,14-17H2,1-2H3;1H3/t25-,29?;2*25-,29+;/m110./s1. The maximum Gasteiger partial charge on any atom is 0.159 e. The third-order valence-electron chi connectivity index (χ3n) is 23.6. The summed E-state index contributed by atoms with van der Waals surface area (Å²) in [5, 5.41) is 30.2. The Morgan fingerprint density at radius 2 is 0.565 bits per heavy atom. The van der Waals surface area contributed by atoms with Crippen molar-refractivity contribution >= 4 is 29.2 Å². The van der Waals surface area contributed by atoms with Crippen molar-refractivity contribution in [2.45, 2.75) is 131 Å². The molecule has 3 N–H and O–H groups in total. The first kappa shape index (κ1) is 79.2. The van der Waals surface area contributed by atoms with Gasteiger partial charge in [0.1, 0.15) is 34.7 Å². The Hall–Kier alpha value is -8.39. The maximum absolute atomic E-state index is 15.6. The Labute approximate surface area is 640 Å². The fraction of sp³-hybridized carbons (Fsp3) is 0.407. The summed E-state index contributed by atoms with van der Waals surface area (Å²) >= 11 is 0.250. The summed E-state index contributed by atoms with van der Waals surface area (Å²) in [6.07, 6.45) is 11.8. The number of methoxy groups -OCH3 is 6. The number of benzene rings is 9. The molecule has 17 heteroatoms. The van der Waals surface area contributed by atoms with Crippen LogP contribution < -0.4 is 14.7 Å². The number of fused-ring (bicyclic) bond motifs is 3. The van der Waals surface area contributed by atoms with Gasteiger partial charge in [0.05, 0.1) is 17.1 Å². The topological polar surface area (TPSA) is 126 Å². The first-order valence-electron chi connectivity index (χ1n) is 38.2. The van der Waals surface area contributed by atoms with Crippen LogP contribution in [0.5, 0.6) is 17.2 Å². The van der Waals surface area contributed by atoms with Crippen LogP contribution >= 0.6 is 12.1 Å². The molecule has 3 saturated heterocycles. The molecule has 572 valence electrons. The van der Waals surface area contributed by atoms with Gasteiger partial charge in [0.2, 0.25) is 0 Å². The largest absolute Gasteiger partial charge is 0.508 e. The van der Waals surface area contributed by atoms with Crippen molar-refractivity contribution in [3.8, 4) is 17.2 Å². The van der Waals surface area contributed by atoms with E-state index in [0.29, 0.717) is 34.8 Å². The molecule has 1 unspecified atom stereocenters. The van der Waals surface area contributed by atoms with Gasteiger partial charge in [0, 0.05) is 136 Å². The molecule has 3 aliphatic carbocycles. The smallest absolute Gasteiger partial charge is 0.159 e. The van der Waals surface area contributed by atoms with E-state index in [2.05, 4.69) is 106 Å². The summed E-state index contributed by atoms with van der Waals surface area (Å²) in [5.74, 6) is 2.22. The SMILES string of the molecule is COC(OC)C1CCN(c2ccc(C3c4ccc(O)cc4CC[C@@H]3c3ccccc3)cc2F)CC1.COC(OC)C1CCN(c2ccc([C@@H]3c4ccc(O)cc4CC[C@@H]3c3ccccc3)cc2F)CC1.COC(OC)C1CCN(c2ccc([C@H]3c4ccc(O)cc4CC[C@H]3c3ccccc3)cc2F)CC1.CSF. The predicted octanol–water partition coefficient (Wildman–Crippen LogP) is 19.9. The molecular weight excluding hydrogens is 1390 g/mol. The van der Waals surface area contributed by atoms with Gasteiger partial charge in [-0.1, -0.05) is 127 Å². The summed E-state index contributed by atoms with van der Waals surface area (Å²) in [6, 6.07) is 65.8. The Morgan fingerprint density at radius 1 is 0.324 bits per heavy atom. The fourth-order valence-corrected chi connectivity index (χ4v) is 18.4. The summed E-state index contributed by atoms with van der Waals surface area (Å²) in [6.45, 7) is 4.68. The number of piperidine rings is 3. The van der Waals surface area contributed by atoms with Crippen LogP contribution in [0.25, 0.3) is 0 Å². The monoisotopic (exact) mass is 1490 g/mol. The summed E-state index contributed by atoms with van der Waals surface area (Å²) in [4.78, 5) is 6.42. The highest BCUT2D eigenvalue weighted by molar-refractivity contribution is 7.93. The normalized spacial score (nSPS) is 20.3. The van der Waals surface area contributed by atoms with Gasteiger partial charge in [0.15, 0.2) is 18.9 Å². The van der Waals surface area contributed by atoms with Gasteiger partial charge in [-0.15, -0.1) is 0 Å². The fourth-order valence-electron chi connectivity index (χ4n) is 18.4. The molecule has 6 atom stereocenters. The van der Waals surface area contributed by atoms with Crippen LogP contribution in [0.3, 0.4) is 0 Å². The minimum Gasteiger partial charge on any atom is -0.508 e. The second-order valence-corrected chi connectivity index (χ2v) is 29.8. The lowest BCUT2D eigenvalue weighted by molar-refractivity contribution is -0.141. The van der Waals surface area contributed by atoms with Crippen molar-refractivity contribution in [1.29, 1.82) is 0 Å². The Morgan fingerprint density at radius 3 is 0.787 bits per heavy atom. The average Bonchev–Trinajstić information content (AvgIpc) is 0.773. The van der Waals surface area contributed by atoms with Gasteiger partial charge < -0.3 is 58.4 Å². The number of halogens is 4. The molecule has 108 heavy (non-hydrogen) atoms. The third kappa shape index (κ3) is 18.4. The van der Waals surface area contributed by atoms with Crippen molar-refractivity contribution < 1.29 is 60.8 Å². The van der Waals surface area contributed by atoms with Crippen LogP contribution in [0, 0.1) is 35.2 Å². The maximum atomic E-state index is 15.6. The number of hydrogen-bond acceptors (Lipinski definition) is 13. The molecular formula is C91H105F4N3O9S. The van der Waals surface area contributed by atoms with Crippen molar-refractivity contribution in [2.24, 2.45) is 17.8 Å². The first-order chi connectivity index (χ1) is 52.7. The number of anilines is 3. The minimum absolute atomic E-state index is 0.0419. The van der Waals surface area contributed by atoms with Crippen molar-refractivity contribution in [1.82, 2.24) is 0 Å². The molecule has 12 nitrogen and oxygen atoms in total. The van der Waals surface area contributed by atoms with E-state index in [0.717, 1.165) is 150 Å². The van der Waals surface area contributed by atoms with E-state index in [1.54, 1.807) is 79.1 Å². The summed E-state index contributed by atoms with van der Waals surface area (Å²) in [5.41, 5.74) is 15.8. The van der Waals surface area contributed by atoms with Crippen molar-refractivity contribution in [3.05, 3.63) is 284 Å². The molecule has 0 aromatic heterocycles. The minimum atomic E-state index is -0.204. The molecule has 9 aromatic rings. The van der Waals surface area contributed by atoms with Gasteiger partial charge in [-0.25, -0.2) is 13.2 Å². The highest BCUT2D eigenvalue weighted by atomic mass is 32.2. The number of phenols is 3. The second kappa shape index (κ2) is 37.8. The number of aromatic hydroxyl groups is 3. The molecule has 0 radical (unpaired) electrons. The van der Waals surface area contributed by atoms with Crippen molar-refractivity contribution in [3.63, 3.8) is 0 Å². The Bertz CT molecular complexity index is 3890. The average molecular weight is 1490 g/mol. The predicted molar refractivity (Wildman–Crippen MR) is 424 cm³/mol. The van der Waals surface area contributed by atoms with Gasteiger partial charge >= 0.3 is 0 Å². The second-order valence-electron chi connectivity index (χ2n) is 29.5. The zero-order valence-electron chi connectivity index (χ0n) is 63.3. The molecule has 15 rings (SSSR count). The number of rotatable bonds is 18. The molecule has 3 heterocycles. The Kier molecular flexibility index (Phi) is 27.7. The highest BCUT2D eigenvalue weighted by Gasteiger charge is 2.38. The zero-order chi connectivity index (χ0) is 75.8. The molecule has 0 saturated carbocycles. The number of aryl methyl sites for hydroxylation is 3. The third-order valence-corrected chi connectivity index (χ3v) is 23.6. The van der Waals surface area contributed by atoms with Crippen LogP contribution in [-0.2, 0) is 47.7 Å². The van der Waals surface area contributed by atoms with E-state index in [1.165, 1.54) is 39.6 Å². The van der Waals surface area contributed by atoms with Crippen LogP contribution in [0.2, 0.25) is 0 Å². The molecule has 9 aromatic carbocycles. The summed E-state index contributed by atoms with van der Waals surface area (Å²) in [7, 11) is 10.0. The Balaban J connectivity index is 0.000000148. The number of hydrogen-bond donors (Lipinski definition) is 3. The quantitative estimate of drug-likeness (QED) is 0.0558. The van der Waals surface area contributed by atoms with Gasteiger partial charge in [0.25, 0.3) is 0 Å². The first-order valence-corrected chi connectivity index (χ1v) is 39.4. The van der Waals surface area contributed by atoms with Crippen LogP contribution in [0.1, 0.15) is 160 Å². The lowest BCUT2D eigenvalue weighted by Gasteiger charge is -2.37. The summed E-state index contributed by atoms with van der Waals surface area (Å²) < 4.78 is 89.7. The molecule has 3 aliphatic heterocycles. The molecule has 0 spiro atoms. The molecule has 0 amide bonds. The van der Waals surface area contributed by atoms with Gasteiger partial charge in [-0.05, 0) is 234 Å². The van der Waals surface area contributed by atoms with Gasteiger partial charge in [-0.2, -0.15) is 3.89 Å². The zero-order valence-corrected chi connectivity index (χ0v) is 64.1. The van der Waals surface area contributed by atoms with Gasteiger partial charge in [-0.3, -0.25) is 0 Å². The van der Waals surface area contributed by atoms with E-state index in [9.17, 15) is 19.2 Å². The van der Waals surface area contributed by atoms with Crippen LogP contribution in [-0.4, -0.2) is 122 Å². The van der Waals surface area contributed by atoms with Crippen LogP contribution in [0.15, 0.2) is 200 Å². The van der Waals surface area contributed by atoms with E-state index >= 15 is 13.2 Å². The van der Waals surface area contributed by atoms with E-state index in [1.807, 2.05) is 72.8 Å². The van der Waals surface area contributed by atoms with E-state index in [-0.39, 0.29) is 101 Å². The van der Waals surface area contributed by atoms with E-state index < -0.39 is 0 Å². The van der Waals surface area contributed by atoms with Crippen LogP contribution in [0.4, 0.5) is 34.1 Å². The lowest BCUT2D eigenvalue weighted by atomic mass is 9.69. The number of ether oxygens (including phenoxy) is 6. The highest BCUT2D eigenvalue weighted by Crippen LogP contribution is 2.51. The molecule has 6 aliphatic rings. The van der Waals surface area contributed by atoms with Crippen molar-refractivity contribution in [2.75, 3.05) is 103 Å². The number of nitrogens with zero attached hydrogens (tertiary/aromatic N) is 3.